The van der Waals surface area contributed by atoms with Crippen molar-refractivity contribution in [2.24, 2.45) is 17.8 Å². The van der Waals surface area contributed by atoms with E-state index in [0.29, 0.717) is 17.8 Å². The van der Waals surface area contributed by atoms with Gasteiger partial charge in [0.1, 0.15) is 23.7 Å². The quantitative estimate of drug-likeness (QED) is 0.429. The lowest BCUT2D eigenvalue weighted by Gasteiger charge is -2.37. The minimum absolute atomic E-state index is 0.0204. The Morgan fingerprint density at radius 1 is 1.06 bits per heavy atom. The molecule has 2 aromatic carbocycles. The van der Waals surface area contributed by atoms with Gasteiger partial charge in [-0.1, -0.05) is 39.3 Å². The van der Waals surface area contributed by atoms with Crippen LogP contribution in [-0.4, -0.2) is 28.7 Å². The molecule has 1 aliphatic rings. The number of hydrogen-bond donors (Lipinski definition) is 0. The number of carbonyl (C=O) groups excluding carboxylic acids is 1. The summed E-state index contributed by atoms with van der Waals surface area (Å²) in [7, 11) is 1.65. The molecule has 1 aliphatic carbocycles. The molecular formula is C27H34N2O3. The average Bonchev–Trinajstić information content (AvgIpc) is 3.18. The van der Waals surface area contributed by atoms with Crippen LogP contribution < -0.4 is 4.74 Å². The van der Waals surface area contributed by atoms with E-state index in [1.807, 2.05) is 60.0 Å². The molecule has 4 atom stereocenters. The van der Waals surface area contributed by atoms with Crippen molar-refractivity contribution < 1.29 is 14.3 Å². The second kappa shape index (κ2) is 9.35. The van der Waals surface area contributed by atoms with E-state index in [2.05, 4.69) is 20.8 Å². The number of imidazole rings is 1. The van der Waals surface area contributed by atoms with E-state index in [9.17, 15) is 4.79 Å². The molecule has 0 spiro atoms. The zero-order valence-corrected chi connectivity index (χ0v) is 19.7. The van der Waals surface area contributed by atoms with Gasteiger partial charge in [0.05, 0.1) is 18.1 Å². The third-order valence-electron chi connectivity index (χ3n) is 6.90. The number of rotatable bonds is 6. The molecule has 1 aromatic heterocycles. The summed E-state index contributed by atoms with van der Waals surface area (Å²) >= 11 is 0. The molecule has 0 radical (unpaired) electrons. The second-order valence-electron chi connectivity index (χ2n) is 9.50. The SMILES string of the molecule is COc1ccc(-c2nc3ccccc3n2[C@H](C)C(=O)O[C@@H]2C[C@H](C)CCC2C(C)C)cc1. The van der Waals surface area contributed by atoms with Gasteiger partial charge in [0.25, 0.3) is 0 Å². The van der Waals surface area contributed by atoms with Crippen molar-refractivity contribution >= 4 is 17.0 Å². The smallest absolute Gasteiger partial charge is 0.329 e. The first-order valence-electron chi connectivity index (χ1n) is 11.7. The van der Waals surface area contributed by atoms with Gasteiger partial charge in [-0.15, -0.1) is 0 Å². The molecule has 5 nitrogen and oxygen atoms in total. The van der Waals surface area contributed by atoms with Crippen LogP contribution in [0.5, 0.6) is 5.75 Å². The number of benzene rings is 2. The van der Waals surface area contributed by atoms with E-state index in [0.717, 1.165) is 41.0 Å². The highest BCUT2D eigenvalue weighted by Crippen LogP contribution is 2.37. The number of nitrogens with zero attached hydrogens (tertiary/aromatic N) is 2. The monoisotopic (exact) mass is 434 g/mol. The molecule has 170 valence electrons. The molecule has 1 heterocycles. The van der Waals surface area contributed by atoms with Crippen LogP contribution in [0.3, 0.4) is 0 Å². The van der Waals surface area contributed by atoms with Gasteiger partial charge in [0.15, 0.2) is 0 Å². The Kier molecular flexibility index (Phi) is 6.54. The minimum Gasteiger partial charge on any atom is -0.497 e. The van der Waals surface area contributed by atoms with Gasteiger partial charge in [0.2, 0.25) is 0 Å². The van der Waals surface area contributed by atoms with Gasteiger partial charge in [-0.3, -0.25) is 0 Å². The van der Waals surface area contributed by atoms with Gasteiger partial charge in [0, 0.05) is 5.56 Å². The molecule has 1 unspecified atom stereocenters. The summed E-state index contributed by atoms with van der Waals surface area (Å²) in [4.78, 5) is 18.3. The molecule has 4 rings (SSSR count). The van der Waals surface area contributed by atoms with Crippen LogP contribution in [0.2, 0.25) is 0 Å². The number of para-hydroxylation sites is 2. The van der Waals surface area contributed by atoms with Gasteiger partial charge in [-0.2, -0.15) is 0 Å². The number of hydrogen-bond acceptors (Lipinski definition) is 4. The Bertz CT molecular complexity index is 1070. The third-order valence-corrected chi connectivity index (χ3v) is 6.90. The van der Waals surface area contributed by atoms with Gasteiger partial charge in [-0.05, 0) is 73.9 Å². The van der Waals surface area contributed by atoms with E-state index in [1.54, 1.807) is 7.11 Å². The van der Waals surface area contributed by atoms with Crippen molar-refractivity contribution in [3.05, 3.63) is 48.5 Å². The van der Waals surface area contributed by atoms with Crippen LogP contribution >= 0.6 is 0 Å². The van der Waals surface area contributed by atoms with Crippen LogP contribution in [0.25, 0.3) is 22.4 Å². The van der Waals surface area contributed by atoms with Crippen molar-refractivity contribution in [2.75, 3.05) is 7.11 Å². The first-order chi connectivity index (χ1) is 15.4. The van der Waals surface area contributed by atoms with Crippen molar-refractivity contribution in [3.8, 4) is 17.1 Å². The van der Waals surface area contributed by atoms with Crippen molar-refractivity contribution in [3.63, 3.8) is 0 Å². The van der Waals surface area contributed by atoms with Gasteiger partial charge in [-0.25, -0.2) is 9.78 Å². The van der Waals surface area contributed by atoms with E-state index >= 15 is 0 Å². The van der Waals surface area contributed by atoms with Gasteiger partial charge >= 0.3 is 5.97 Å². The molecule has 0 amide bonds. The summed E-state index contributed by atoms with van der Waals surface area (Å²) < 4.78 is 13.5. The first kappa shape index (κ1) is 22.4. The van der Waals surface area contributed by atoms with Crippen molar-refractivity contribution in [1.29, 1.82) is 0 Å². The maximum Gasteiger partial charge on any atom is 0.329 e. The molecular weight excluding hydrogens is 400 g/mol. The summed E-state index contributed by atoms with van der Waals surface area (Å²) in [5.74, 6) is 2.86. The maximum absolute atomic E-state index is 13.4. The highest BCUT2D eigenvalue weighted by molar-refractivity contribution is 5.85. The molecule has 1 fully saturated rings. The number of carbonyl (C=O) groups is 1. The first-order valence-corrected chi connectivity index (χ1v) is 11.7. The molecule has 5 heteroatoms. The van der Waals surface area contributed by atoms with Crippen LogP contribution in [0, 0.1) is 17.8 Å². The summed E-state index contributed by atoms with van der Waals surface area (Å²) in [5.41, 5.74) is 2.73. The van der Waals surface area contributed by atoms with Crippen LogP contribution in [0.15, 0.2) is 48.5 Å². The Balaban J connectivity index is 1.67. The predicted octanol–water partition coefficient (Wildman–Crippen LogP) is 6.28. The van der Waals surface area contributed by atoms with E-state index < -0.39 is 6.04 Å². The molecule has 0 aliphatic heterocycles. The topological polar surface area (TPSA) is 53.4 Å². The van der Waals surface area contributed by atoms with Crippen molar-refractivity contribution in [1.82, 2.24) is 9.55 Å². The highest BCUT2D eigenvalue weighted by atomic mass is 16.5. The molecule has 0 N–H and O–H groups in total. The minimum atomic E-state index is -0.482. The number of fused-ring (bicyclic) bond motifs is 1. The summed E-state index contributed by atoms with van der Waals surface area (Å²) in [6.45, 7) is 8.64. The summed E-state index contributed by atoms with van der Waals surface area (Å²) in [5, 5.41) is 0. The molecule has 0 bridgehead atoms. The van der Waals surface area contributed by atoms with E-state index in [1.165, 1.54) is 6.42 Å². The maximum atomic E-state index is 13.4. The lowest BCUT2D eigenvalue weighted by atomic mass is 9.75. The average molecular weight is 435 g/mol. The van der Waals surface area contributed by atoms with Crippen LogP contribution in [0.4, 0.5) is 0 Å². The Hall–Kier alpha value is -2.82. The normalized spacial score (nSPS) is 22.1. The molecule has 1 saturated carbocycles. The molecule has 32 heavy (non-hydrogen) atoms. The summed E-state index contributed by atoms with van der Waals surface area (Å²) in [6, 6.07) is 15.2. The van der Waals surface area contributed by atoms with E-state index in [-0.39, 0.29) is 12.1 Å². The van der Waals surface area contributed by atoms with Crippen LogP contribution in [0.1, 0.15) is 53.0 Å². The van der Waals surface area contributed by atoms with E-state index in [4.69, 9.17) is 14.5 Å². The van der Waals surface area contributed by atoms with Gasteiger partial charge < -0.3 is 14.0 Å². The number of esters is 1. The standard InChI is InChI=1S/C27H34N2O3/c1-17(2)22-15-10-18(3)16-25(22)32-27(30)19(4)29-24-9-7-6-8-23(24)28-26(29)20-11-13-21(31-5)14-12-20/h6-9,11-14,17-19,22,25H,10,15-16H2,1-5H3/t18-,19-,22?,25-/m1/s1. The number of methoxy groups -OCH3 is 1. The second-order valence-corrected chi connectivity index (χ2v) is 9.50. The Morgan fingerprint density at radius 3 is 2.47 bits per heavy atom. The number of ether oxygens (including phenoxy) is 2. The van der Waals surface area contributed by atoms with Crippen molar-refractivity contribution in [2.45, 2.75) is 59.1 Å². The van der Waals surface area contributed by atoms with Crippen LogP contribution in [-0.2, 0) is 9.53 Å². The number of aromatic nitrogens is 2. The fraction of sp³-hybridized carbons (Fsp3) is 0.481. The third kappa shape index (κ3) is 4.38. The lowest BCUT2D eigenvalue weighted by Crippen LogP contribution is -2.37. The fourth-order valence-corrected chi connectivity index (χ4v) is 4.98. The zero-order valence-electron chi connectivity index (χ0n) is 19.7. The summed E-state index contributed by atoms with van der Waals surface area (Å²) in [6.07, 6.45) is 3.25. The zero-order chi connectivity index (χ0) is 22.8. The molecule has 0 saturated heterocycles. The molecule has 3 aromatic rings. The Morgan fingerprint density at radius 2 is 1.78 bits per heavy atom. The highest BCUT2D eigenvalue weighted by Gasteiger charge is 2.35. The fourth-order valence-electron chi connectivity index (χ4n) is 4.98. The largest absolute Gasteiger partial charge is 0.497 e. The lowest BCUT2D eigenvalue weighted by molar-refractivity contribution is -0.159. The Labute approximate surface area is 190 Å². The predicted molar refractivity (Wildman–Crippen MR) is 128 cm³/mol.